The zero-order valence-electron chi connectivity index (χ0n) is 17.6. The fraction of sp³-hybridized carbons (Fsp3) is 0.409. The van der Waals surface area contributed by atoms with E-state index in [1.165, 1.54) is 32.0 Å². The molecule has 2 heterocycles. The molecule has 0 saturated heterocycles. The number of amides is 2. The van der Waals surface area contributed by atoms with Crippen molar-refractivity contribution in [1.82, 2.24) is 9.88 Å². The van der Waals surface area contributed by atoms with E-state index in [4.69, 9.17) is 11.6 Å². The minimum Gasteiger partial charge on any atom is -0.389 e. The Balaban J connectivity index is 1.94. The topological polar surface area (TPSA) is 100 Å². The molecule has 0 saturated carbocycles. The van der Waals surface area contributed by atoms with Gasteiger partial charge in [0.15, 0.2) is 0 Å². The van der Waals surface area contributed by atoms with E-state index >= 15 is 0 Å². The minimum atomic E-state index is -1.18. The monoisotopic (exact) mass is 449 g/mol. The highest BCUT2D eigenvalue weighted by atomic mass is 35.5. The van der Waals surface area contributed by atoms with Gasteiger partial charge in [-0.15, -0.1) is 0 Å². The van der Waals surface area contributed by atoms with E-state index in [9.17, 15) is 23.9 Å². The smallest absolute Gasteiger partial charge is 0.294 e. The van der Waals surface area contributed by atoms with Crippen molar-refractivity contribution in [2.45, 2.75) is 52.2 Å². The fourth-order valence-electron chi connectivity index (χ4n) is 3.56. The number of aliphatic hydroxyl groups is 1. The second kappa shape index (κ2) is 8.80. The number of nitrogens with one attached hydrogen (secondary N) is 2. The largest absolute Gasteiger partial charge is 0.389 e. The number of Topliss-reactive ketones (excluding diaryl/α,β-unsaturated/α-hetero) is 1. The van der Waals surface area contributed by atoms with Crippen LogP contribution in [0, 0.1) is 12.7 Å². The summed E-state index contributed by atoms with van der Waals surface area (Å²) in [6.45, 7) is 4.94. The molecule has 3 N–H and O–H groups in total. The van der Waals surface area contributed by atoms with Gasteiger partial charge in [-0.25, -0.2) is 4.39 Å². The highest BCUT2D eigenvalue weighted by Gasteiger charge is 2.33. The second-order valence-corrected chi connectivity index (χ2v) is 8.71. The summed E-state index contributed by atoms with van der Waals surface area (Å²) in [4.78, 5) is 38.3. The molecule has 1 aromatic heterocycles. The summed E-state index contributed by atoms with van der Waals surface area (Å²) >= 11 is 6.47. The van der Waals surface area contributed by atoms with Gasteiger partial charge in [-0.2, -0.15) is 0 Å². The van der Waals surface area contributed by atoms with Crippen LogP contribution in [0.4, 0.5) is 10.1 Å². The van der Waals surface area contributed by atoms with Crippen molar-refractivity contribution >= 4 is 34.9 Å². The lowest BCUT2D eigenvalue weighted by atomic mass is 10.1. The zero-order valence-corrected chi connectivity index (χ0v) is 18.4. The maximum absolute atomic E-state index is 13.5. The van der Waals surface area contributed by atoms with Crippen LogP contribution in [-0.2, 0) is 17.8 Å². The van der Waals surface area contributed by atoms with E-state index in [0.717, 1.165) is 12.8 Å². The van der Waals surface area contributed by atoms with E-state index in [2.05, 4.69) is 10.6 Å². The van der Waals surface area contributed by atoms with Crippen LogP contribution < -0.4 is 10.6 Å². The maximum Gasteiger partial charge on any atom is 0.294 e. The number of hydrogen-bond acceptors (Lipinski definition) is 4. The normalized spacial score (nSPS) is 13.5. The van der Waals surface area contributed by atoms with Crippen molar-refractivity contribution in [2.75, 3.05) is 11.9 Å². The molecule has 0 atom stereocenters. The lowest BCUT2D eigenvalue weighted by Gasteiger charge is -2.19. The maximum atomic E-state index is 13.5. The third kappa shape index (κ3) is 4.97. The Kier molecular flexibility index (Phi) is 6.52. The molecule has 0 bridgehead atoms. The predicted molar refractivity (Wildman–Crippen MR) is 115 cm³/mol. The fourth-order valence-corrected chi connectivity index (χ4v) is 3.94. The number of carbonyl (C=O) groups is 3. The molecule has 3 rings (SSSR count). The summed E-state index contributed by atoms with van der Waals surface area (Å²) in [5.74, 6) is -2.69. The number of ketones is 1. The SMILES string of the molecule is Cc1cc(NC(=O)c2c(Cl)c(C(=O)C(=O)NCC(C)(C)O)n3c2CCCC3)ccc1F. The number of hydrogen-bond donors (Lipinski definition) is 3. The van der Waals surface area contributed by atoms with Gasteiger partial charge in [0, 0.05) is 24.5 Å². The lowest BCUT2D eigenvalue weighted by Crippen LogP contribution is -2.41. The van der Waals surface area contributed by atoms with Gasteiger partial charge in [-0.3, -0.25) is 14.4 Å². The van der Waals surface area contributed by atoms with Gasteiger partial charge in [0.25, 0.3) is 17.6 Å². The van der Waals surface area contributed by atoms with Gasteiger partial charge in [-0.1, -0.05) is 11.6 Å². The van der Waals surface area contributed by atoms with Gasteiger partial charge < -0.3 is 20.3 Å². The summed E-state index contributed by atoms with van der Waals surface area (Å²) in [5, 5.41) is 14.8. The number of carbonyl (C=O) groups excluding carboxylic acids is 3. The average molecular weight is 450 g/mol. The van der Waals surface area contributed by atoms with Crippen LogP contribution in [-0.4, -0.2) is 39.4 Å². The number of fused-ring (bicyclic) bond motifs is 1. The van der Waals surface area contributed by atoms with E-state index in [-0.39, 0.29) is 28.6 Å². The Morgan fingerprint density at radius 1 is 1.26 bits per heavy atom. The first-order valence-corrected chi connectivity index (χ1v) is 10.4. The summed E-state index contributed by atoms with van der Waals surface area (Å²) < 4.78 is 15.2. The van der Waals surface area contributed by atoms with Crippen molar-refractivity contribution in [2.24, 2.45) is 0 Å². The number of halogens is 2. The Bertz CT molecular complexity index is 1060. The third-order valence-corrected chi connectivity index (χ3v) is 5.47. The first kappa shape index (κ1) is 23.0. The molecule has 0 spiro atoms. The summed E-state index contributed by atoms with van der Waals surface area (Å²) in [6.07, 6.45) is 2.13. The Labute approximate surface area is 184 Å². The molecule has 7 nitrogen and oxygen atoms in total. The van der Waals surface area contributed by atoms with Crippen LogP contribution in [0.25, 0.3) is 0 Å². The number of benzene rings is 1. The van der Waals surface area contributed by atoms with E-state index in [1.54, 1.807) is 11.5 Å². The van der Waals surface area contributed by atoms with E-state index in [0.29, 0.717) is 29.9 Å². The van der Waals surface area contributed by atoms with Crippen molar-refractivity contribution in [3.8, 4) is 0 Å². The van der Waals surface area contributed by atoms with Crippen molar-refractivity contribution in [1.29, 1.82) is 0 Å². The molecule has 1 aromatic carbocycles. The average Bonchev–Trinajstić information content (AvgIpc) is 2.99. The molecule has 0 fully saturated rings. The van der Waals surface area contributed by atoms with Gasteiger partial charge >= 0.3 is 0 Å². The first-order chi connectivity index (χ1) is 14.5. The number of aromatic nitrogens is 1. The summed E-state index contributed by atoms with van der Waals surface area (Å²) in [5.41, 5.74) is 0.281. The molecule has 1 aliphatic rings. The Hall–Kier alpha value is -2.71. The minimum absolute atomic E-state index is 0.0370. The predicted octanol–water partition coefficient (Wildman–Crippen LogP) is 3.25. The number of aryl methyl sites for hydroxylation is 1. The Morgan fingerprint density at radius 3 is 2.61 bits per heavy atom. The molecule has 2 amide bonds. The van der Waals surface area contributed by atoms with Gasteiger partial charge in [0.2, 0.25) is 0 Å². The van der Waals surface area contributed by atoms with E-state index in [1.807, 2.05) is 0 Å². The van der Waals surface area contributed by atoms with Gasteiger partial charge in [-0.05, 0) is 63.8 Å². The third-order valence-electron chi connectivity index (χ3n) is 5.10. The standard InChI is InChI=1S/C22H25ClFN3O4/c1-12-10-13(7-8-14(12)24)26-20(29)16-15-6-4-5-9-27(15)18(17(16)23)19(28)21(30)25-11-22(2,3)31/h7-8,10,31H,4-6,9,11H2,1-3H3,(H,25,30)(H,26,29). The lowest BCUT2D eigenvalue weighted by molar-refractivity contribution is -0.118. The van der Waals surface area contributed by atoms with Crippen LogP contribution >= 0.6 is 11.6 Å². The number of anilines is 1. The molecule has 166 valence electrons. The van der Waals surface area contributed by atoms with Crippen molar-refractivity contribution in [3.05, 3.63) is 51.6 Å². The van der Waals surface area contributed by atoms with Gasteiger partial charge in [0.05, 0.1) is 16.2 Å². The van der Waals surface area contributed by atoms with Gasteiger partial charge in [0.1, 0.15) is 11.5 Å². The molecule has 2 aromatic rings. The molecular formula is C22H25ClFN3O4. The highest BCUT2D eigenvalue weighted by Crippen LogP contribution is 2.33. The molecule has 9 heteroatoms. The van der Waals surface area contributed by atoms with Crippen LogP contribution in [0.15, 0.2) is 18.2 Å². The molecule has 0 unspecified atom stereocenters. The molecule has 1 aliphatic heterocycles. The zero-order chi connectivity index (χ0) is 22.9. The Morgan fingerprint density at radius 2 is 1.97 bits per heavy atom. The molecule has 0 radical (unpaired) electrons. The first-order valence-electron chi connectivity index (χ1n) is 10.0. The van der Waals surface area contributed by atoms with Crippen LogP contribution in [0.2, 0.25) is 5.02 Å². The van der Waals surface area contributed by atoms with Crippen LogP contribution in [0.1, 0.15) is 58.8 Å². The van der Waals surface area contributed by atoms with E-state index < -0.39 is 23.2 Å². The summed E-state index contributed by atoms with van der Waals surface area (Å²) in [6, 6.07) is 4.19. The van der Waals surface area contributed by atoms with Crippen LogP contribution in [0.3, 0.4) is 0 Å². The summed E-state index contributed by atoms with van der Waals surface area (Å²) in [7, 11) is 0. The van der Waals surface area contributed by atoms with Crippen molar-refractivity contribution < 1.29 is 23.9 Å². The molecular weight excluding hydrogens is 425 g/mol. The second-order valence-electron chi connectivity index (χ2n) is 8.34. The molecule has 0 aliphatic carbocycles. The van der Waals surface area contributed by atoms with Crippen molar-refractivity contribution in [3.63, 3.8) is 0 Å². The number of nitrogens with zero attached hydrogens (tertiary/aromatic N) is 1. The van der Waals surface area contributed by atoms with Crippen LogP contribution in [0.5, 0.6) is 0 Å². The quantitative estimate of drug-likeness (QED) is 0.465. The highest BCUT2D eigenvalue weighted by molar-refractivity contribution is 6.48. The molecule has 31 heavy (non-hydrogen) atoms. The number of rotatable bonds is 6.